The monoisotopic (exact) mass is 514 g/mol. The number of fused-ring (bicyclic) bond motifs is 3. The van der Waals surface area contributed by atoms with Gasteiger partial charge in [0, 0.05) is 12.1 Å². The second-order valence-electron chi connectivity index (χ2n) is 5.80. The van der Waals surface area contributed by atoms with Gasteiger partial charge in [0.05, 0.1) is 33.0 Å². The Morgan fingerprint density at radius 1 is 1.25 bits per heavy atom. The van der Waals surface area contributed by atoms with E-state index in [-0.39, 0.29) is 17.0 Å². The lowest BCUT2D eigenvalue weighted by molar-refractivity contribution is 0.919. The summed E-state index contributed by atoms with van der Waals surface area (Å²) in [6, 6.07) is 10.0. The Morgan fingerprint density at radius 2 is 2.11 bits per heavy atom. The molecule has 1 aliphatic rings. The number of hydrazone groups is 1. The van der Waals surface area contributed by atoms with E-state index < -0.39 is 0 Å². The smallest absolute Gasteiger partial charge is 0.212 e. The van der Waals surface area contributed by atoms with Gasteiger partial charge in [-0.15, -0.1) is 28.3 Å². The lowest BCUT2D eigenvalue weighted by Crippen LogP contribution is -2.30. The zero-order valence-corrected chi connectivity index (χ0v) is 19.0. The number of para-hydroxylation sites is 1. The fraction of sp³-hybridized carbons (Fsp3) is 0.118. The Morgan fingerprint density at radius 3 is 2.86 bits per heavy atom. The van der Waals surface area contributed by atoms with Gasteiger partial charge < -0.3 is 5.32 Å². The molecule has 1 aliphatic heterocycles. The number of thiophene rings is 1. The summed E-state index contributed by atoms with van der Waals surface area (Å²) >= 11 is 15.5. The molecule has 0 bridgehead atoms. The summed E-state index contributed by atoms with van der Waals surface area (Å²) in [5.41, 5.74) is 6.42. The Bertz CT molecular complexity index is 1230. The first-order valence-electron chi connectivity index (χ1n) is 8.13. The number of aliphatic imine (C=N–C) groups is 1. The number of halogens is 3. The lowest BCUT2D eigenvalue weighted by atomic mass is 10.2. The van der Waals surface area contributed by atoms with Crippen LogP contribution in [0, 0.1) is 0 Å². The molecule has 0 atom stereocenters. The minimum Gasteiger partial charge on any atom is -0.353 e. The largest absolute Gasteiger partial charge is 0.353 e. The molecule has 0 saturated carbocycles. The third kappa shape index (κ3) is 3.42. The van der Waals surface area contributed by atoms with E-state index in [1.54, 1.807) is 17.6 Å². The number of benzene rings is 1. The van der Waals surface area contributed by atoms with Crippen LogP contribution in [-0.2, 0) is 0 Å². The van der Waals surface area contributed by atoms with Gasteiger partial charge in [0.1, 0.15) is 10.0 Å². The molecule has 4 aromatic rings. The maximum atomic E-state index is 6.40. The molecular formula is C17H13BrCl2N6S2. The van der Waals surface area contributed by atoms with Crippen LogP contribution >= 0.6 is 62.9 Å². The number of hydrogen-bond acceptors (Lipinski definition) is 7. The molecule has 3 aromatic heterocycles. The fourth-order valence-electron chi connectivity index (χ4n) is 2.99. The van der Waals surface area contributed by atoms with Crippen molar-refractivity contribution in [1.29, 1.82) is 0 Å². The number of hydrogen-bond donors (Lipinski definition) is 2. The zero-order valence-electron chi connectivity index (χ0n) is 14.1. The van der Waals surface area contributed by atoms with E-state index in [0.29, 0.717) is 14.6 Å². The molecule has 6 nitrogen and oxygen atoms in total. The van der Waals surface area contributed by atoms with E-state index in [0.717, 1.165) is 45.2 Å². The highest BCUT2D eigenvalue weighted by Gasteiger charge is 2.20. The molecule has 0 amide bonds. The molecule has 0 fully saturated rings. The summed E-state index contributed by atoms with van der Waals surface area (Å²) < 4.78 is 4.48. The van der Waals surface area contributed by atoms with Gasteiger partial charge in [0.2, 0.25) is 5.96 Å². The topological polar surface area (TPSA) is 66.1 Å². The van der Waals surface area contributed by atoms with E-state index >= 15 is 0 Å². The van der Waals surface area contributed by atoms with Crippen molar-refractivity contribution < 1.29 is 0 Å². The third-order valence-corrected chi connectivity index (χ3v) is 6.64. The second kappa shape index (κ2) is 8.00. The van der Waals surface area contributed by atoms with Crippen molar-refractivity contribution in [2.75, 3.05) is 13.1 Å². The molecule has 0 saturated heterocycles. The van der Waals surface area contributed by atoms with Crippen LogP contribution in [0.25, 0.3) is 26.4 Å². The SMILES string of the molecule is Br.Clc1cc(-c2nc3sc4ccccc4n3c2/C=N/NC2=NCCN2)c(Cl)s1. The average molecular weight is 516 g/mol. The highest BCUT2D eigenvalue weighted by Crippen LogP contribution is 2.40. The zero-order chi connectivity index (χ0) is 18.4. The minimum atomic E-state index is 0. The van der Waals surface area contributed by atoms with Gasteiger partial charge in [-0.25, -0.2) is 15.4 Å². The molecule has 0 spiro atoms. The number of aromatic nitrogens is 2. The average Bonchev–Trinajstić information content (AvgIpc) is 3.40. The van der Waals surface area contributed by atoms with Crippen molar-refractivity contribution in [2.45, 2.75) is 0 Å². The Labute approximate surface area is 188 Å². The Kier molecular flexibility index (Phi) is 5.62. The van der Waals surface area contributed by atoms with E-state index in [1.807, 2.05) is 18.2 Å². The van der Waals surface area contributed by atoms with E-state index in [4.69, 9.17) is 28.2 Å². The van der Waals surface area contributed by atoms with Crippen molar-refractivity contribution in [1.82, 2.24) is 20.1 Å². The maximum Gasteiger partial charge on any atom is 0.212 e. The van der Waals surface area contributed by atoms with Crippen molar-refractivity contribution >= 4 is 90.2 Å². The van der Waals surface area contributed by atoms with Crippen molar-refractivity contribution in [3.8, 4) is 11.3 Å². The van der Waals surface area contributed by atoms with Gasteiger partial charge in [-0.3, -0.25) is 4.40 Å². The number of guanidine groups is 1. The molecule has 5 rings (SSSR count). The van der Waals surface area contributed by atoms with Crippen LogP contribution in [-0.4, -0.2) is 34.6 Å². The Hall–Kier alpha value is -1.65. The molecule has 2 N–H and O–H groups in total. The van der Waals surface area contributed by atoms with Crippen molar-refractivity contribution in [3.05, 3.63) is 44.7 Å². The summed E-state index contributed by atoms with van der Waals surface area (Å²) in [7, 11) is 0. The van der Waals surface area contributed by atoms with Gasteiger partial charge in [-0.05, 0) is 18.2 Å². The predicted octanol–water partition coefficient (Wildman–Crippen LogP) is 5.04. The number of imidazole rings is 1. The van der Waals surface area contributed by atoms with Gasteiger partial charge >= 0.3 is 0 Å². The molecule has 0 unspecified atom stereocenters. The summed E-state index contributed by atoms with van der Waals surface area (Å²) in [6.45, 7) is 1.57. The molecule has 4 heterocycles. The number of nitrogens with zero attached hydrogens (tertiary/aromatic N) is 4. The first kappa shape index (κ1) is 19.7. The van der Waals surface area contributed by atoms with Crippen LogP contribution < -0.4 is 10.7 Å². The first-order valence-corrected chi connectivity index (χ1v) is 10.5. The summed E-state index contributed by atoms with van der Waals surface area (Å²) in [5, 5.41) is 7.48. The van der Waals surface area contributed by atoms with Crippen LogP contribution in [0.3, 0.4) is 0 Å². The van der Waals surface area contributed by atoms with Crippen molar-refractivity contribution in [3.63, 3.8) is 0 Å². The first-order chi connectivity index (χ1) is 13.2. The molecule has 0 aliphatic carbocycles. The highest BCUT2D eigenvalue weighted by molar-refractivity contribution is 8.93. The van der Waals surface area contributed by atoms with E-state index in [2.05, 4.69) is 37.4 Å². The standard InChI is InChI=1S/C17H12Cl2N6S2.BrH/c18-13-7-9(15(19)27-13)14-11(8-22-24-16-20-5-6-21-16)25-10-3-1-2-4-12(10)26-17(25)23-14;/h1-4,7-8H,5-6H2,(H2,20,21,24);1H/b22-8+;. The summed E-state index contributed by atoms with van der Waals surface area (Å²) in [4.78, 5) is 9.98. The molecule has 28 heavy (non-hydrogen) atoms. The van der Waals surface area contributed by atoms with E-state index in [9.17, 15) is 0 Å². The lowest BCUT2D eigenvalue weighted by Gasteiger charge is -2.01. The summed E-state index contributed by atoms with van der Waals surface area (Å²) in [5.74, 6) is 0.667. The maximum absolute atomic E-state index is 6.40. The fourth-order valence-corrected chi connectivity index (χ4v) is 5.48. The molecular weight excluding hydrogens is 503 g/mol. The van der Waals surface area contributed by atoms with Crippen LogP contribution in [0.1, 0.15) is 5.69 Å². The quantitative estimate of drug-likeness (QED) is 0.296. The normalized spacial score (nSPS) is 13.9. The number of rotatable bonds is 3. The summed E-state index contributed by atoms with van der Waals surface area (Å²) in [6.07, 6.45) is 1.75. The van der Waals surface area contributed by atoms with E-state index in [1.165, 1.54) is 11.3 Å². The highest BCUT2D eigenvalue weighted by atomic mass is 79.9. The van der Waals surface area contributed by atoms with Gasteiger partial charge in [0.25, 0.3) is 0 Å². The van der Waals surface area contributed by atoms with Crippen LogP contribution in [0.4, 0.5) is 0 Å². The number of thiazole rings is 1. The third-order valence-electron chi connectivity index (χ3n) is 4.13. The molecule has 0 radical (unpaired) electrons. The predicted molar refractivity (Wildman–Crippen MR) is 125 cm³/mol. The molecule has 1 aromatic carbocycles. The Balaban J connectivity index is 0.00000192. The molecule has 144 valence electrons. The second-order valence-corrected chi connectivity index (χ2v) is 9.09. The van der Waals surface area contributed by atoms with Gasteiger partial charge in [0.15, 0.2) is 4.96 Å². The molecule has 11 heteroatoms. The van der Waals surface area contributed by atoms with Crippen LogP contribution in [0.2, 0.25) is 8.67 Å². The van der Waals surface area contributed by atoms with Crippen LogP contribution in [0.5, 0.6) is 0 Å². The van der Waals surface area contributed by atoms with Crippen molar-refractivity contribution in [2.24, 2.45) is 10.1 Å². The van der Waals surface area contributed by atoms with Crippen LogP contribution in [0.15, 0.2) is 40.4 Å². The van der Waals surface area contributed by atoms with Gasteiger partial charge in [-0.2, -0.15) is 5.10 Å². The minimum absolute atomic E-state index is 0. The number of nitrogens with one attached hydrogen (secondary N) is 2. The van der Waals surface area contributed by atoms with Gasteiger partial charge in [-0.1, -0.05) is 46.7 Å².